The number of rotatable bonds is 7. The molecular formula is C33H30ClF3N6O2. The van der Waals surface area contributed by atoms with E-state index in [4.69, 9.17) is 32.9 Å². The highest BCUT2D eigenvalue weighted by molar-refractivity contribution is 6.36. The van der Waals surface area contributed by atoms with E-state index < -0.39 is 29.8 Å². The SMILES string of the molecule is [C-]#[N+]C[C@H]1CN(c2nc(OC[C@@H]3C[C@@H](F)CN3C)nc3cc(-c4cccc5ccc(F)c(Cl)c45)ccc23)CCN1C(=O)C(=C)F. The molecule has 2 aliphatic heterocycles. The fraction of sp³-hybridized carbons (Fsp3) is 0.333. The van der Waals surface area contributed by atoms with Gasteiger partial charge in [0.1, 0.15) is 30.5 Å². The highest BCUT2D eigenvalue weighted by Gasteiger charge is 2.35. The van der Waals surface area contributed by atoms with Crippen molar-refractivity contribution in [1.82, 2.24) is 19.8 Å². The summed E-state index contributed by atoms with van der Waals surface area (Å²) in [6.45, 7) is 11.7. The number of benzene rings is 3. The molecule has 3 aromatic carbocycles. The number of hydrogen-bond acceptors (Lipinski definition) is 6. The van der Waals surface area contributed by atoms with E-state index in [0.29, 0.717) is 41.6 Å². The van der Waals surface area contributed by atoms with E-state index in [1.54, 1.807) is 6.07 Å². The van der Waals surface area contributed by atoms with Crippen LogP contribution >= 0.6 is 11.6 Å². The van der Waals surface area contributed by atoms with Crippen LogP contribution in [0.4, 0.5) is 19.0 Å². The Morgan fingerprint density at radius 1 is 1.16 bits per heavy atom. The first-order valence-electron chi connectivity index (χ1n) is 14.5. The van der Waals surface area contributed by atoms with Gasteiger partial charge >= 0.3 is 6.01 Å². The number of likely N-dealkylation sites (tertiary alicyclic amines) is 1. The number of hydrogen-bond donors (Lipinski definition) is 0. The number of fused-ring (bicyclic) bond motifs is 2. The van der Waals surface area contributed by atoms with Gasteiger partial charge in [-0.05, 0) is 48.2 Å². The van der Waals surface area contributed by atoms with Crippen molar-refractivity contribution in [3.8, 4) is 17.1 Å². The van der Waals surface area contributed by atoms with Crippen LogP contribution in [0.3, 0.4) is 0 Å². The molecule has 1 amide bonds. The maximum absolute atomic E-state index is 14.5. The molecule has 2 aliphatic rings. The lowest BCUT2D eigenvalue weighted by molar-refractivity contribution is -0.131. The number of carbonyl (C=O) groups excluding carboxylic acids is 1. The minimum Gasteiger partial charge on any atom is -0.462 e. The van der Waals surface area contributed by atoms with Gasteiger partial charge in [-0.1, -0.05) is 48.5 Å². The molecule has 4 aromatic rings. The summed E-state index contributed by atoms with van der Waals surface area (Å²) in [5.74, 6) is -1.91. The van der Waals surface area contributed by atoms with E-state index in [1.165, 1.54) is 11.0 Å². The second-order valence-electron chi connectivity index (χ2n) is 11.4. The van der Waals surface area contributed by atoms with Crippen LogP contribution < -0.4 is 9.64 Å². The predicted molar refractivity (Wildman–Crippen MR) is 168 cm³/mol. The van der Waals surface area contributed by atoms with Crippen molar-refractivity contribution in [2.45, 2.75) is 24.7 Å². The standard InChI is InChI=1S/C33H30ClF3N6O2/c1-19(35)32(44)43-12-11-42(17-24(43)15-38-2)31-26-9-7-21(25-6-4-5-20-8-10-27(37)30(34)29(20)25)13-28(26)39-33(40-31)45-18-23-14-22(36)16-41(23)3/h4-10,13,22-24H,1,11-12,14-18H2,3H3/t22-,23+,24+/m1/s1. The lowest BCUT2D eigenvalue weighted by Crippen LogP contribution is -2.56. The smallest absolute Gasteiger partial charge is 0.319 e. The minimum absolute atomic E-state index is 0.0247. The third-order valence-corrected chi connectivity index (χ3v) is 8.89. The van der Waals surface area contributed by atoms with E-state index in [2.05, 4.69) is 11.4 Å². The fourth-order valence-corrected chi connectivity index (χ4v) is 6.50. The molecule has 45 heavy (non-hydrogen) atoms. The Kier molecular flexibility index (Phi) is 8.53. The number of alkyl halides is 1. The average molecular weight is 635 g/mol. The largest absolute Gasteiger partial charge is 0.462 e. The van der Waals surface area contributed by atoms with Gasteiger partial charge in [-0.3, -0.25) is 9.69 Å². The Balaban J connectivity index is 1.42. The van der Waals surface area contributed by atoms with Crippen LogP contribution in [0.25, 0.3) is 37.6 Å². The van der Waals surface area contributed by atoms with Crippen molar-refractivity contribution >= 4 is 45.0 Å². The van der Waals surface area contributed by atoms with Crippen molar-refractivity contribution in [3.05, 3.63) is 83.2 Å². The molecule has 2 saturated heterocycles. The van der Waals surface area contributed by atoms with Crippen molar-refractivity contribution in [1.29, 1.82) is 0 Å². The van der Waals surface area contributed by atoms with Crippen molar-refractivity contribution in [2.75, 3.05) is 51.3 Å². The summed E-state index contributed by atoms with van der Waals surface area (Å²) < 4.78 is 48.4. The number of halogens is 4. The molecule has 0 N–H and O–H groups in total. The monoisotopic (exact) mass is 634 g/mol. The number of carbonyl (C=O) groups is 1. The normalized spacial score (nSPS) is 20.5. The first-order valence-corrected chi connectivity index (χ1v) is 14.9. The number of piperazine rings is 1. The number of ether oxygens (including phenoxy) is 1. The van der Waals surface area contributed by atoms with Gasteiger partial charge in [-0.15, -0.1) is 0 Å². The van der Waals surface area contributed by atoms with Crippen LogP contribution in [0.15, 0.2) is 60.9 Å². The maximum atomic E-state index is 14.5. The average Bonchev–Trinajstić information content (AvgIpc) is 3.36. The van der Waals surface area contributed by atoms with Crippen LogP contribution in [-0.4, -0.2) is 90.3 Å². The first kappa shape index (κ1) is 30.6. The molecule has 3 atom stereocenters. The van der Waals surface area contributed by atoms with Gasteiger partial charge in [-0.25, -0.2) is 19.7 Å². The van der Waals surface area contributed by atoms with Crippen LogP contribution in [0.5, 0.6) is 6.01 Å². The minimum atomic E-state index is -1.07. The molecule has 3 heterocycles. The maximum Gasteiger partial charge on any atom is 0.319 e. The second-order valence-corrected chi connectivity index (χ2v) is 11.8. The molecular weight excluding hydrogens is 605 g/mol. The van der Waals surface area contributed by atoms with Gasteiger partial charge in [0.25, 0.3) is 5.91 Å². The van der Waals surface area contributed by atoms with E-state index in [0.717, 1.165) is 16.5 Å². The molecule has 0 spiro atoms. The van der Waals surface area contributed by atoms with Crippen LogP contribution in [-0.2, 0) is 4.79 Å². The van der Waals surface area contributed by atoms with Crippen molar-refractivity contribution in [2.24, 2.45) is 0 Å². The van der Waals surface area contributed by atoms with Gasteiger partial charge in [0, 0.05) is 43.0 Å². The summed E-state index contributed by atoms with van der Waals surface area (Å²) in [6.07, 6.45) is -0.594. The zero-order valence-corrected chi connectivity index (χ0v) is 25.3. The summed E-state index contributed by atoms with van der Waals surface area (Å²) >= 11 is 6.43. The predicted octanol–water partition coefficient (Wildman–Crippen LogP) is 6.08. The van der Waals surface area contributed by atoms with Crippen molar-refractivity contribution < 1.29 is 22.7 Å². The summed E-state index contributed by atoms with van der Waals surface area (Å²) in [4.78, 5) is 30.6. The third-order valence-electron chi connectivity index (χ3n) is 8.52. The quantitative estimate of drug-likeness (QED) is 0.181. The van der Waals surface area contributed by atoms with Gasteiger partial charge < -0.3 is 19.4 Å². The summed E-state index contributed by atoms with van der Waals surface area (Å²) in [5, 5.41) is 2.07. The Hall–Kier alpha value is -4.40. The molecule has 0 radical (unpaired) electrons. The van der Waals surface area contributed by atoms with Crippen LogP contribution in [0.1, 0.15) is 6.42 Å². The fourth-order valence-electron chi connectivity index (χ4n) is 6.23. The topological polar surface area (TPSA) is 66.2 Å². The van der Waals surface area contributed by atoms with E-state index in [9.17, 15) is 18.0 Å². The van der Waals surface area contributed by atoms with E-state index in [-0.39, 0.29) is 43.3 Å². The number of amides is 1. The number of likely N-dealkylation sites (N-methyl/N-ethyl adjacent to an activating group) is 1. The Bertz CT molecular complexity index is 1850. The van der Waals surface area contributed by atoms with Gasteiger partial charge in [0.2, 0.25) is 6.54 Å². The molecule has 1 aromatic heterocycles. The third kappa shape index (κ3) is 6.00. The Labute approximate surface area is 263 Å². The molecule has 8 nitrogen and oxygen atoms in total. The molecule has 232 valence electrons. The van der Waals surface area contributed by atoms with E-state index >= 15 is 0 Å². The zero-order chi connectivity index (χ0) is 31.8. The summed E-state index contributed by atoms with van der Waals surface area (Å²) in [5.41, 5.74) is 2.01. The molecule has 0 bridgehead atoms. The molecule has 0 unspecified atom stereocenters. The zero-order valence-electron chi connectivity index (χ0n) is 24.5. The molecule has 0 aliphatic carbocycles. The van der Waals surface area contributed by atoms with Crippen LogP contribution in [0.2, 0.25) is 5.02 Å². The van der Waals surface area contributed by atoms with Gasteiger partial charge in [0.15, 0.2) is 5.83 Å². The van der Waals surface area contributed by atoms with Gasteiger partial charge in [0.05, 0.1) is 10.5 Å². The Morgan fingerprint density at radius 3 is 2.71 bits per heavy atom. The van der Waals surface area contributed by atoms with Gasteiger partial charge in [-0.2, -0.15) is 9.97 Å². The molecule has 6 rings (SSSR count). The Morgan fingerprint density at radius 2 is 1.98 bits per heavy atom. The first-order chi connectivity index (χ1) is 21.6. The molecule has 12 heteroatoms. The summed E-state index contributed by atoms with van der Waals surface area (Å²) in [6, 6.07) is 13.6. The molecule has 2 fully saturated rings. The van der Waals surface area contributed by atoms with E-state index in [1.807, 2.05) is 53.2 Å². The lowest BCUT2D eigenvalue weighted by Gasteiger charge is -2.39. The van der Waals surface area contributed by atoms with Crippen LogP contribution in [0, 0.1) is 12.4 Å². The highest BCUT2D eigenvalue weighted by Crippen LogP contribution is 2.38. The second kappa shape index (κ2) is 12.5. The number of aromatic nitrogens is 2. The summed E-state index contributed by atoms with van der Waals surface area (Å²) in [7, 11) is 1.84. The lowest BCUT2D eigenvalue weighted by atomic mass is 9.97. The highest BCUT2D eigenvalue weighted by atomic mass is 35.5. The molecule has 0 saturated carbocycles. The number of anilines is 1. The number of nitrogens with zero attached hydrogens (tertiary/aromatic N) is 6. The van der Waals surface area contributed by atoms with Crippen molar-refractivity contribution in [3.63, 3.8) is 0 Å².